The van der Waals surface area contributed by atoms with Crippen molar-refractivity contribution >= 4 is 12.0 Å². The molecule has 1 amide bonds. The van der Waals surface area contributed by atoms with Crippen LogP contribution in [-0.2, 0) is 4.79 Å². The third kappa shape index (κ3) is 5.19. The third-order valence-corrected chi connectivity index (χ3v) is 2.84. The summed E-state index contributed by atoms with van der Waals surface area (Å²) in [5.41, 5.74) is 0.845. The van der Waals surface area contributed by atoms with Crippen molar-refractivity contribution in [2.24, 2.45) is 0 Å². The Kier molecular flexibility index (Phi) is 6.82. The summed E-state index contributed by atoms with van der Waals surface area (Å²) >= 11 is 0. The number of hydrogen-bond donors (Lipinski definition) is 0. The standard InChI is InChI=1S/C16H20N2O3/c1-4-21-14-8-6-13(12-15(14)20-3)7-9-16(19)18(2)11-5-10-17/h6-9,12H,4-5,11H2,1-3H3. The van der Waals surface area contributed by atoms with Crippen LogP contribution in [-0.4, -0.2) is 38.1 Å². The van der Waals surface area contributed by atoms with Gasteiger partial charge >= 0.3 is 0 Å². The fourth-order valence-corrected chi connectivity index (χ4v) is 1.69. The van der Waals surface area contributed by atoms with Crippen molar-refractivity contribution < 1.29 is 14.3 Å². The fourth-order valence-electron chi connectivity index (χ4n) is 1.69. The molecule has 1 rings (SSSR count). The van der Waals surface area contributed by atoms with E-state index < -0.39 is 0 Å². The SMILES string of the molecule is CCOc1ccc(C=CC(=O)N(C)CCC#N)cc1OC. The molecule has 0 heterocycles. The molecular weight excluding hydrogens is 268 g/mol. The van der Waals surface area contributed by atoms with Crippen LogP contribution in [0.3, 0.4) is 0 Å². The highest BCUT2D eigenvalue weighted by Crippen LogP contribution is 2.28. The van der Waals surface area contributed by atoms with E-state index in [4.69, 9.17) is 14.7 Å². The van der Waals surface area contributed by atoms with Crippen molar-refractivity contribution in [3.63, 3.8) is 0 Å². The third-order valence-electron chi connectivity index (χ3n) is 2.84. The predicted molar refractivity (Wildman–Crippen MR) is 81.1 cm³/mol. The van der Waals surface area contributed by atoms with Crippen LogP contribution >= 0.6 is 0 Å². The van der Waals surface area contributed by atoms with Crippen molar-refractivity contribution in [1.29, 1.82) is 5.26 Å². The first kappa shape index (κ1) is 16.6. The van der Waals surface area contributed by atoms with Gasteiger partial charge in [-0.05, 0) is 30.7 Å². The van der Waals surface area contributed by atoms with Gasteiger partial charge in [-0.3, -0.25) is 4.79 Å². The normalized spacial score (nSPS) is 10.2. The molecule has 0 saturated heterocycles. The van der Waals surface area contributed by atoms with Gasteiger partial charge < -0.3 is 14.4 Å². The summed E-state index contributed by atoms with van der Waals surface area (Å²) in [6.07, 6.45) is 3.52. The molecule has 0 saturated carbocycles. The van der Waals surface area contributed by atoms with Crippen molar-refractivity contribution in [2.45, 2.75) is 13.3 Å². The lowest BCUT2D eigenvalue weighted by atomic mass is 10.2. The fraction of sp³-hybridized carbons (Fsp3) is 0.375. The Balaban J connectivity index is 2.76. The van der Waals surface area contributed by atoms with E-state index in [0.29, 0.717) is 31.1 Å². The van der Waals surface area contributed by atoms with Crippen molar-refractivity contribution in [1.82, 2.24) is 4.90 Å². The smallest absolute Gasteiger partial charge is 0.246 e. The number of carbonyl (C=O) groups is 1. The van der Waals surface area contributed by atoms with Crippen LogP contribution in [0.15, 0.2) is 24.3 Å². The highest BCUT2D eigenvalue weighted by atomic mass is 16.5. The van der Waals surface area contributed by atoms with Gasteiger partial charge in [-0.25, -0.2) is 0 Å². The lowest BCUT2D eigenvalue weighted by Gasteiger charge is -2.12. The van der Waals surface area contributed by atoms with Crippen LogP contribution in [0, 0.1) is 11.3 Å². The van der Waals surface area contributed by atoms with Crippen LogP contribution in [0.2, 0.25) is 0 Å². The number of nitriles is 1. The summed E-state index contributed by atoms with van der Waals surface area (Å²) in [6.45, 7) is 2.89. The molecule has 0 spiro atoms. The molecule has 0 aliphatic carbocycles. The first-order valence-corrected chi connectivity index (χ1v) is 6.73. The second-order valence-corrected chi connectivity index (χ2v) is 4.34. The average Bonchev–Trinajstić information content (AvgIpc) is 2.51. The summed E-state index contributed by atoms with van der Waals surface area (Å²) in [6, 6.07) is 7.49. The zero-order valence-corrected chi connectivity index (χ0v) is 12.6. The summed E-state index contributed by atoms with van der Waals surface area (Å²) in [5, 5.41) is 8.50. The van der Waals surface area contributed by atoms with Crippen molar-refractivity contribution in [3.05, 3.63) is 29.8 Å². The molecule has 0 N–H and O–H groups in total. The van der Waals surface area contributed by atoms with E-state index in [2.05, 4.69) is 0 Å². The first-order valence-electron chi connectivity index (χ1n) is 6.73. The maximum atomic E-state index is 11.8. The first-order chi connectivity index (χ1) is 10.1. The van der Waals surface area contributed by atoms with Gasteiger partial charge in [-0.1, -0.05) is 6.07 Å². The molecule has 0 bridgehead atoms. The molecule has 0 unspecified atom stereocenters. The number of likely N-dealkylation sites (N-methyl/N-ethyl adjacent to an activating group) is 1. The molecular formula is C16H20N2O3. The van der Waals surface area contributed by atoms with Crippen LogP contribution < -0.4 is 9.47 Å². The maximum Gasteiger partial charge on any atom is 0.246 e. The molecule has 0 fully saturated rings. The lowest BCUT2D eigenvalue weighted by molar-refractivity contribution is -0.124. The number of nitrogens with zero attached hydrogens (tertiary/aromatic N) is 2. The van der Waals surface area contributed by atoms with Crippen LogP contribution in [0.25, 0.3) is 6.08 Å². The van der Waals surface area contributed by atoms with Crippen molar-refractivity contribution in [3.8, 4) is 17.6 Å². The zero-order valence-electron chi connectivity index (χ0n) is 12.6. The number of benzene rings is 1. The molecule has 0 aliphatic rings. The van der Waals surface area contributed by atoms with E-state index in [1.54, 1.807) is 20.2 Å². The van der Waals surface area contributed by atoms with Gasteiger partial charge in [0.15, 0.2) is 11.5 Å². The predicted octanol–water partition coefficient (Wildman–Crippen LogP) is 2.48. The van der Waals surface area contributed by atoms with Gasteiger partial charge in [0.2, 0.25) is 5.91 Å². The van der Waals surface area contributed by atoms with E-state index in [0.717, 1.165) is 5.56 Å². The van der Waals surface area contributed by atoms with Crippen LogP contribution in [0.4, 0.5) is 0 Å². The van der Waals surface area contributed by atoms with Crippen molar-refractivity contribution in [2.75, 3.05) is 27.3 Å². The second-order valence-electron chi connectivity index (χ2n) is 4.34. The minimum absolute atomic E-state index is 0.141. The Morgan fingerprint density at radius 2 is 2.19 bits per heavy atom. The Labute approximate surface area is 125 Å². The Morgan fingerprint density at radius 1 is 1.43 bits per heavy atom. The van der Waals surface area contributed by atoms with E-state index in [9.17, 15) is 4.79 Å². The quantitative estimate of drug-likeness (QED) is 0.723. The van der Waals surface area contributed by atoms with E-state index in [-0.39, 0.29) is 5.91 Å². The van der Waals surface area contributed by atoms with Gasteiger partial charge in [0, 0.05) is 19.7 Å². The number of hydrogen-bond acceptors (Lipinski definition) is 4. The molecule has 1 aromatic carbocycles. The van der Waals surface area contributed by atoms with Gasteiger partial charge in [-0.2, -0.15) is 5.26 Å². The minimum atomic E-state index is -0.141. The zero-order chi connectivity index (χ0) is 15.7. The number of rotatable bonds is 7. The molecule has 0 aromatic heterocycles. The second kappa shape index (κ2) is 8.64. The highest BCUT2D eigenvalue weighted by Gasteiger charge is 2.06. The monoisotopic (exact) mass is 288 g/mol. The Hall–Kier alpha value is -2.48. The minimum Gasteiger partial charge on any atom is -0.493 e. The largest absolute Gasteiger partial charge is 0.493 e. The summed E-state index contributed by atoms with van der Waals surface area (Å²) in [7, 11) is 3.24. The number of ether oxygens (including phenoxy) is 2. The van der Waals surface area contributed by atoms with Crippen LogP contribution in [0.5, 0.6) is 11.5 Å². The Bertz CT molecular complexity index is 547. The van der Waals surface area contributed by atoms with E-state index >= 15 is 0 Å². The average molecular weight is 288 g/mol. The molecule has 5 heteroatoms. The summed E-state index contributed by atoms with van der Waals surface area (Å²) < 4.78 is 10.7. The lowest BCUT2D eigenvalue weighted by Crippen LogP contribution is -2.25. The van der Waals surface area contributed by atoms with Gasteiger partial charge in [0.1, 0.15) is 0 Å². The van der Waals surface area contributed by atoms with E-state index in [1.165, 1.54) is 11.0 Å². The van der Waals surface area contributed by atoms with Gasteiger partial charge in [0.25, 0.3) is 0 Å². The maximum absolute atomic E-state index is 11.8. The van der Waals surface area contributed by atoms with Crippen LogP contribution in [0.1, 0.15) is 18.9 Å². The van der Waals surface area contributed by atoms with Gasteiger partial charge in [0.05, 0.1) is 26.2 Å². The molecule has 0 aliphatic heterocycles. The topological polar surface area (TPSA) is 62.6 Å². The molecule has 112 valence electrons. The number of methoxy groups -OCH3 is 1. The molecule has 1 aromatic rings. The molecule has 0 atom stereocenters. The number of carbonyl (C=O) groups excluding carboxylic acids is 1. The number of amides is 1. The molecule has 0 radical (unpaired) electrons. The molecule has 21 heavy (non-hydrogen) atoms. The Morgan fingerprint density at radius 3 is 2.81 bits per heavy atom. The van der Waals surface area contributed by atoms with Gasteiger partial charge in [-0.15, -0.1) is 0 Å². The summed E-state index contributed by atoms with van der Waals surface area (Å²) in [5.74, 6) is 1.16. The summed E-state index contributed by atoms with van der Waals surface area (Å²) in [4.78, 5) is 13.3. The molecule has 5 nitrogen and oxygen atoms in total. The highest BCUT2D eigenvalue weighted by molar-refractivity contribution is 5.91. The van der Waals surface area contributed by atoms with E-state index in [1.807, 2.05) is 31.2 Å².